The third kappa shape index (κ3) is 4.50. The Hall–Kier alpha value is -2.50. The van der Waals surface area contributed by atoms with Gasteiger partial charge in [0.25, 0.3) is 5.91 Å². The average Bonchev–Trinajstić information content (AvgIpc) is 2.53. The molecule has 1 amide bonds. The highest BCUT2D eigenvalue weighted by Gasteiger charge is 2.30. The van der Waals surface area contributed by atoms with Crippen molar-refractivity contribution in [2.24, 2.45) is 0 Å². The number of hydrogen-bond donors (Lipinski definition) is 1. The molecule has 0 atom stereocenters. The van der Waals surface area contributed by atoms with E-state index in [0.717, 1.165) is 41.1 Å². The summed E-state index contributed by atoms with van der Waals surface area (Å²) in [6.07, 6.45) is -4.41. The molecule has 6 heteroatoms. The number of carbonyl (C=O) groups excluding carboxylic acids is 1. The van der Waals surface area contributed by atoms with Gasteiger partial charge in [-0.3, -0.25) is 4.79 Å². The first-order valence-corrected chi connectivity index (χ1v) is 7.43. The molecule has 0 aliphatic rings. The van der Waals surface area contributed by atoms with Crippen LogP contribution in [-0.2, 0) is 6.18 Å². The second-order valence-corrected chi connectivity index (χ2v) is 5.40. The average molecular weight is 337 g/mol. The lowest BCUT2D eigenvalue weighted by molar-refractivity contribution is -0.137. The third-order valence-electron chi connectivity index (χ3n) is 3.52. The molecular weight excluding hydrogens is 319 g/mol. The van der Waals surface area contributed by atoms with Crippen LogP contribution < -0.4 is 10.1 Å². The zero-order valence-corrected chi connectivity index (χ0v) is 13.4. The number of carbonyl (C=O) groups is 1. The summed E-state index contributed by atoms with van der Waals surface area (Å²) in [5.74, 6) is 0.343. The van der Waals surface area contributed by atoms with E-state index in [4.69, 9.17) is 4.74 Å². The van der Waals surface area contributed by atoms with Crippen LogP contribution in [0.5, 0.6) is 5.75 Å². The normalized spacial score (nSPS) is 11.2. The monoisotopic (exact) mass is 337 g/mol. The molecule has 0 saturated heterocycles. The summed E-state index contributed by atoms with van der Waals surface area (Å²) in [6, 6.07) is 9.90. The Kier molecular flexibility index (Phi) is 5.49. The van der Waals surface area contributed by atoms with E-state index in [1.54, 1.807) is 0 Å². The summed E-state index contributed by atoms with van der Waals surface area (Å²) in [4.78, 5) is 11.9. The molecule has 2 rings (SSSR count). The molecule has 0 radical (unpaired) electrons. The predicted octanol–water partition coefficient (Wildman–Crippen LogP) is 4.13. The Morgan fingerprint density at radius 1 is 1.04 bits per heavy atom. The number of para-hydroxylation sites is 1. The van der Waals surface area contributed by atoms with Crippen LogP contribution in [-0.4, -0.2) is 19.1 Å². The molecule has 0 spiro atoms. The minimum absolute atomic E-state index is 0.176. The molecule has 0 heterocycles. The Morgan fingerprint density at radius 2 is 1.62 bits per heavy atom. The minimum atomic E-state index is -4.41. The van der Waals surface area contributed by atoms with E-state index >= 15 is 0 Å². The van der Waals surface area contributed by atoms with E-state index in [2.05, 4.69) is 5.32 Å². The number of halogens is 3. The molecule has 0 saturated carbocycles. The fourth-order valence-electron chi connectivity index (χ4n) is 2.26. The first-order chi connectivity index (χ1) is 11.3. The smallest absolute Gasteiger partial charge is 0.416 e. The fraction of sp³-hybridized carbons (Fsp3) is 0.278. The lowest BCUT2D eigenvalue weighted by atomic mass is 10.1. The van der Waals surface area contributed by atoms with Crippen LogP contribution >= 0.6 is 0 Å². The molecule has 3 nitrogen and oxygen atoms in total. The molecule has 0 aromatic heterocycles. The summed E-state index contributed by atoms with van der Waals surface area (Å²) in [6.45, 7) is 4.40. The van der Waals surface area contributed by atoms with Gasteiger partial charge < -0.3 is 10.1 Å². The lowest BCUT2D eigenvalue weighted by Gasteiger charge is -2.12. The highest BCUT2D eigenvalue weighted by Crippen LogP contribution is 2.29. The Morgan fingerprint density at radius 3 is 2.17 bits per heavy atom. The van der Waals surface area contributed by atoms with Crippen molar-refractivity contribution in [2.75, 3.05) is 13.2 Å². The molecule has 128 valence electrons. The number of amides is 1. The fourth-order valence-corrected chi connectivity index (χ4v) is 2.26. The molecule has 0 fully saturated rings. The number of nitrogens with one attached hydrogen (secondary N) is 1. The van der Waals surface area contributed by atoms with Gasteiger partial charge in [-0.05, 0) is 49.2 Å². The Labute approximate surface area is 138 Å². The van der Waals surface area contributed by atoms with Crippen molar-refractivity contribution in [3.63, 3.8) is 0 Å². The zero-order chi connectivity index (χ0) is 17.7. The number of ether oxygens (including phenoxy) is 1. The van der Waals surface area contributed by atoms with Crippen molar-refractivity contribution in [3.8, 4) is 5.75 Å². The topological polar surface area (TPSA) is 38.3 Å². The van der Waals surface area contributed by atoms with Crippen molar-refractivity contribution in [3.05, 3.63) is 64.7 Å². The second-order valence-electron chi connectivity index (χ2n) is 5.40. The van der Waals surface area contributed by atoms with Gasteiger partial charge >= 0.3 is 6.18 Å². The van der Waals surface area contributed by atoms with Crippen molar-refractivity contribution >= 4 is 5.91 Å². The molecule has 0 aliphatic heterocycles. The summed E-state index contributed by atoms with van der Waals surface area (Å²) in [5, 5.41) is 2.62. The van der Waals surface area contributed by atoms with Gasteiger partial charge in [0, 0.05) is 5.56 Å². The second kappa shape index (κ2) is 7.38. The van der Waals surface area contributed by atoms with Gasteiger partial charge in [0.2, 0.25) is 0 Å². The van der Waals surface area contributed by atoms with Gasteiger partial charge in [-0.2, -0.15) is 13.2 Å². The maximum atomic E-state index is 12.5. The standard InChI is InChI=1S/C18H18F3NO2/c1-12-4-3-5-13(2)16(12)24-11-10-22-17(23)14-6-8-15(9-7-14)18(19,20)21/h3-9H,10-11H2,1-2H3,(H,22,23). The first kappa shape index (κ1) is 17.8. The number of aryl methyl sites for hydroxylation is 2. The van der Waals surface area contributed by atoms with E-state index in [-0.39, 0.29) is 18.7 Å². The summed E-state index contributed by atoms with van der Waals surface area (Å²) in [7, 11) is 0. The quantitative estimate of drug-likeness (QED) is 0.833. The van der Waals surface area contributed by atoms with Gasteiger partial charge in [-0.15, -0.1) is 0 Å². The van der Waals surface area contributed by atoms with Crippen LogP contribution in [0.4, 0.5) is 13.2 Å². The van der Waals surface area contributed by atoms with Crippen molar-refractivity contribution in [1.82, 2.24) is 5.32 Å². The van der Waals surface area contributed by atoms with E-state index in [1.807, 2.05) is 32.0 Å². The van der Waals surface area contributed by atoms with E-state index in [1.165, 1.54) is 0 Å². The van der Waals surface area contributed by atoms with Crippen molar-refractivity contribution < 1.29 is 22.7 Å². The number of alkyl halides is 3. The first-order valence-electron chi connectivity index (χ1n) is 7.43. The molecule has 0 unspecified atom stereocenters. The van der Waals surface area contributed by atoms with Crippen LogP contribution in [0.1, 0.15) is 27.0 Å². The molecule has 2 aromatic rings. The van der Waals surface area contributed by atoms with E-state index in [0.29, 0.717) is 0 Å². The van der Waals surface area contributed by atoms with Gasteiger partial charge in [-0.1, -0.05) is 18.2 Å². The maximum absolute atomic E-state index is 12.5. The third-order valence-corrected chi connectivity index (χ3v) is 3.52. The number of hydrogen-bond acceptors (Lipinski definition) is 2. The van der Waals surface area contributed by atoms with Crippen LogP contribution in [0.25, 0.3) is 0 Å². The minimum Gasteiger partial charge on any atom is -0.491 e. The summed E-state index contributed by atoms with van der Waals surface area (Å²) >= 11 is 0. The highest BCUT2D eigenvalue weighted by molar-refractivity contribution is 5.94. The van der Waals surface area contributed by atoms with Gasteiger partial charge in [0.1, 0.15) is 12.4 Å². The largest absolute Gasteiger partial charge is 0.491 e. The van der Waals surface area contributed by atoms with Crippen LogP contribution in [0.15, 0.2) is 42.5 Å². The number of rotatable bonds is 5. The molecule has 24 heavy (non-hydrogen) atoms. The lowest BCUT2D eigenvalue weighted by Crippen LogP contribution is -2.28. The van der Waals surface area contributed by atoms with Crippen molar-refractivity contribution in [2.45, 2.75) is 20.0 Å². The van der Waals surface area contributed by atoms with E-state index in [9.17, 15) is 18.0 Å². The molecule has 0 aliphatic carbocycles. The molecule has 2 aromatic carbocycles. The summed E-state index contributed by atoms with van der Waals surface area (Å²) in [5.41, 5.74) is 1.40. The molecule has 1 N–H and O–H groups in total. The number of benzene rings is 2. The van der Waals surface area contributed by atoms with Gasteiger partial charge in [0.15, 0.2) is 0 Å². The molecule has 0 bridgehead atoms. The SMILES string of the molecule is Cc1cccc(C)c1OCCNC(=O)c1ccc(C(F)(F)F)cc1. The van der Waals surface area contributed by atoms with Gasteiger partial charge in [0.05, 0.1) is 12.1 Å². The Bertz CT molecular complexity index is 689. The van der Waals surface area contributed by atoms with E-state index < -0.39 is 17.6 Å². The van der Waals surface area contributed by atoms with Gasteiger partial charge in [-0.25, -0.2) is 0 Å². The van der Waals surface area contributed by atoms with Crippen LogP contribution in [0.3, 0.4) is 0 Å². The molecular formula is C18H18F3NO2. The van der Waals surface area contributed by atoms with Crippen LogP contribution in [0.2, 0.25) is 0 Å². The van der Waals surface area contributed by atoms with Crippen LogP contribution in [0, 0.1) is 13.8 Å². The predicted molar refractivity (Wildman–Crippen MR) is 85.2 cm³/mol. The van der Waals surface area contributed by atoms with Crippen molar-refractivity contribution in [1.29, 1.82) is 0 Å². The summed E-state index contributed by atoms with van der Waals surface area (Å²) < 4.78 is 43.1. The maximum Gasteiger partial charge on any atom is 0.416 e. The highest BCUT2D eigenvalue weighted by atomic mass is 19.4. The Balaban J connectivity index is 1.85. The zero-order valence-electron chi connectivity index (χ0n) is 13.4.